The summed E-state index contributed by atoms with van der Waals surface area (Å²) in [5.41, 5.74) is 3.25. The molecule has 144 valence electrons. The van der Waals surface area contributed by atoms with Crippen molar-refractivity contribution >= 4 is 45.5 Å². The van der Waals surface area contributed by atoms with E-state index in [1.54, 1.807) is 54.6 Å². The zero-order valence-corrected chi connectivity index (χ0v) is 16.3. The van der Waals surface area contributed by atoms with E-state index in [-0.39, 0.29) is 22.7 Å². The molecule has 0 atom stereocenters. The summed E-state index contributed by atoms with van der Waals surface area (Å²) in [4.78, 5) is 36.2. The number of anilines is 1. The van der Waals surface area contributed by atoms with Gasteiger partial charge in [-0.1, -0.05) is 40.2 Å². The van der Waals surface area contributed by atoms with Gasteiger partial charge in [-0.2, -0.15) is 0 Å². The van der Waals surface area contributed by atoms with Crippen LogP contribution in [0.2, 0.25) is 0 Å². The second-order valence-corrected chi connectivity index (χ2v) is 7.07. The molecule has 2 heterocycles. The number of nitrogens with zero attached hydrogens (tertiary/aromatic N) is 1. The molecule has 8 heteroatoms. The first kappa shape index (κ1) is 18.7. The van der Waals surface area contributed by atoms with Gasteiger partial charge in [0.15, 0.2) is 0 Å². The first-order valence-electron chi connectivity index (χ1n) is 8.47. The van der Waals surface area contributed by atoms with Crippen molar-refractivity contribution in [1.82, 2.24) is 5.43 Å². The molecular weight excluding hydrogens is 440 g/mol. The Morgan fingerprint density at radius 2 is 1.76 bits per heavy atom. The highest BCUT2D eigenvalue weighted by Gasteiger charge is 2.34. The number of carboxylic acids is 1. The van der Waals surface area contributed by atoms with Crippen LogP contribution in [0.5, 0.6) is 0 Å². The number of hydrazine groups is 1. The Labute approximate surface area is 173 Å². The average Bonchev–Trinajstić information content (AvgIpc) is 3.29. The van der Waals surface area contributed by atoms with Crippen molar-refractivity contribution in [3.63, 3.8) is 0 Å². The van der Waals surface area contributed by atoms with E-state index in [1.807, 2.05) is 0 Å². The summed E-state index contributed by atoms with van der Waals surface area (Å²) in [5.74, 6) is -1.89. The largest absolute Gasteiger partial charge is 0.545 e. The molecule has 0 bridgehead atoms. The number of furan rings is 1. The van der Waals surface area contributed by atoms with Crippen molar-refractivity contribution in [2.45, 2.75) is 0 Å². The van der Waals surface area contributed by atoms with Gasteiger partial charge in [0, 0.05) is 15.6 Å². The van der Waals surface area contributed by atoms with Gasteiger partial charge < -0.3 is 14.3 Å². The molecule has 1 aliphatic heterocycles. The second kappa shape index (κ2) is 7.40. The molecule has 29 heavy (non-hydrogen) atoms. The van der Waals surface area contributed by atoms with Gasteiger partial charge in [-0.3, -0.25) is 15.0 Å². The summed E-state index contributed by atoms with van der Waals surface area (Å²) >= 11 is 3.32. The van der Waals surface area contributed by atoms with Gasteiger partial charge in [0.1, 0.15) is 17.1 Å². The molecule has 1 saturated heterocycles. The van der Waals surface area contributed by atoms with Gasteiger partial charge in [-0.05, 0) is 42.5 Å². The molecule has 1 aliphatic rings. The van der Waals surface area contributed by atoms with Gasteiger partial charge in [-0.25, -0.2) is 5.01 Å². The van der Waals surface area contributed by atoms with Crippen molar-refractivity contribution in [2.75, 3.05) is 5.01 Å². The van der Waals surface area contributed by atoms with Crippen LogP contribution < -0.4 is 15.5 Å². The molecule has 2 amide bonds. The maximum Gasteiger partial charge on any atom is 0.282 e. The number of aromatic carboxylic acids is 1. The van der Waals surface area contributed by atoms with E-state index in [2.05, 4.69) is 21.4 Å². The summed E-state index contributed by atoms with van der Waals surface area (Å²) < 4.78 is 6.49. The Hall–Kier alpha value is -3.65. The van der Waals surface area contributed by atoms with Crippen molar-refractivity contribution in [2.24, 2.45) is 0 Å². The van der Waals surface area contributed by atoms with E-state index in [0.717, 1.165) is 9.48 Å². The number of carbonyl (C=O) groups excluding carboxylic acids is 3. The van der Waals surface area contributed by atoms with E-state index in [9.17, 15) is 19.5 Å². The quantitative estimate of drug-likeness (QED) is 0.484. The minimum Gasteiger partial charge on any atom is -0.545 e. The van der Waals surface area contributed by atoms with Crippen LogP contribution in [-0.4, -0.2) is 17.8 Å². The van der Waals surface area contributed by atoms with Crippen molar-refractivity contribution in [3.8, 4) is 11.3 Å². The van der Waals surface area contributed by atoms with E-state index in [4.69, 9.17) is 4.42 Å². The van der Waals surface area contributed by atoms with E-state index in [0.29, 0.717) is 11.3 Å². The van der Waals surface area contributed by atoms with Crippen LogP contribution in [0.1, 0.15) is 16.1 Å². The van der Waals surface area contributed by atoms with Crippen molar-refractivity contribution < 1.29 is 23.9 Å². The Morgan fingerprint density at radius 3 is 2.48 bits per heavy atom. The van der Waals surface area contributed by atoms with Crippen molar-refractivity contribution in [1.29, 1.82) is 0 Å². The highest BCUT2D eigenvalue weighted by Crippen LogP contribution is 2.28. The van der Waals surface area contributed by atoms with E-state index >= 15 is 0 Å². The average molecular weight is 452 g/mol. The van der Waals surface area contributed by atoms with Crippen LogP contribution in [0.15, 0.2) is 75.1 Å². The molecule has 3 aromatic rings. The summed E-state index contributed by atoms with van der Waals surface area (Å²) in [7, 11) is 0. The monoisotopic (exact) mass is 451 g/mol. The Morgan fingerprint density at radius 1 is 1.03 bits per heavy atom. The van der Waals surface area contributed by atoms with Gasteiger partial charge in [0.05, 0.1) is 11.7 Å². The van der Waals surface area contributed by atoms with Gasteiger partial charge in [-0.15, -0.1) is 0 Å². The molecule has 4 rings (SSSR count). The Balaban J connectivity index is 1.64. The topological polar surface area (TPSA) is 103 Å². The van der Waals surface area contributed by atoms with E-state index in [1.165, 1.54) is 12.1 Å². The predicted molar refractivity (Wildman–Crippen MR) is 106 cm³/mol. The molecule has 0 aliphatic carbocycles. The molecule has 1 aromatic heterocycles. The highest BCUT2D eigenvalue weighted by atomic mass is 79.9. The fraction of sp³-hybridized carbons (Fsp3) is 0. The molecule has 0 spiro atoms. The standard InChI is InChI=1S/C21H13BrN2O5/c22-12-5-7-13(8-6-12)24-20(26)17(19(25)23-24)11-14-9-10-18(29-14)15-3-1-2-4-16(15)21(27)28/h1-11H,(H,23,25)(H,27,28)/p-1/b17-11-. The summed E-state index contributed by atoms with van der Waals surface area (Å²) in [6.45, 7) is 0. The lowest BCUT2D eigenvalue weighted by Gasteiger charge is -2.14. The number of hydrogen-bond donors (Lipinski definition) is 1. The first-order chi connectivity index (χ1) is 13.9. The number of amides is 2. The summed E-state index contributed by atoms with van der Waals surface area (Å²) in [6, 6.07) is 16.3. The third kappa shape index (κ3) is 3.57. The predicted octanol–water partition coefficient (Wildman–Crippen LogP) is 2.53. The number of rotatable bonds is 4. The fourth-order valence-corrected chi connectivity index (χ4v) is 3.19. The highest BCUT2D eigenvalue weighted by molar-refractivity contribution is 9.10. The van der Waals surface area contributed by atoms with Gasteiger partial charge >= 0.3 is 0 Å². The maximum atomic E-state index is 12.7. The molecule has 1 fully saturated rings. The van der Waals surface area contributed by atoms with Gasteiger partial charge in [0.25, 0.3) is 11.8 Å². The number of nitrogens with one attached hydrogen (secondary N) is 1. The van der Waals surface area contributed by atoms with Crippen LogP contribution in [0, 0.1) is 0 Å². The van der Waals surface area contributed by atoms with Crippen LogP contribution in [-0.2, 0) is 9.59 Å². The van der Waals surface area contributed by atoms with Crippen LogP contribution in [0.25, 0.3) is 17.4 Å². The van der Waals surface area contributed by atoms with Crippen molar-refractivity contribution in [3.05, 3.63) is 82.0 Å². The minimum absolute atomic E-state index is 0.0165. The minimum atomic E-state index is -1.33. The molecule has 0 radical (unpaired) electrons. The SMILES string of the molecule is O=C1NN(c2ccc(Br)cc2)C(=O)/C1=C\c1ccc(-c2ccccc2C(=O)[O-])o1. The molecule has 0 saturated carbocycles. The lowest BCUT2D eigenvalue weighted by Crippen LogP contribution is -2.35. The van der Waals surface area contributed by atoms with E-state index < -0.39 is 17.8 Å². The summed E-state index contributed by atoms with van der Waals surface area (Å²) in [5, 5.41) is 12.4. The third-order valence-electron chi connectivity index (χ3n) is 4.30. The van der Waals surface area contributed by atoms with Crippen LogP contribution in [0.4, 0.5) is 5.69 Å². The molecule has 2 aromatic carbocycles. The third-order valence-corrected chi connectivity index (χ3v) is 4.83. The number of carbonyl (C=O) groups is 3. The number of benzene rings is 2. The normalized spacial score (nSPS) is 15.1. The van der Waals surface area contributed by atoms with Crippen LogP contribution in [0.3, 0.4) is 0 Å². The molecule has 1 N–H and O–H groups in total. The summed E-state index contributed by atoms with van der Waals surface area (Å²) in [6.07, 6.45) is 1.32. The number of hydrogen-bond acceptors (Lipinski definition) is 5. The number of halogens is 1. The number of carboxylic acid groups (broad SMARTS) is 1. The van der Waals surface area contributed by atoms with Crippen LogP contribution >= 0.6 is 15.9 Å². The maximum absolute atomic E-state index is 12.7. The molecular formula is C21H12BrN2O5-. The lowest BCUT2D eigenvalue weighted by atomic mass is 10.1. The van der Waals surface area contributed by atoms with Gasteiger partial charge in [0.2, 0.25) is 0 Å². The zero-order chi connectivity index (χ0) is 20.5. The second-order valence-electron chi connectivity index (χ2n) is 6.15. The Bertz CT molecular complexity index is 1160. The Kier molecular flexibility index (Phi) is 4.77. The molecule has 0 unspecified atom stereocenters. The molecule has 7 nitrogen and oxygen atoms in total. The lowest BCUT2D eigenvalue weighted by molar-refractivity contribution is -0.255. The smallest absolute Gasteiger partial charge is 0.282 e. The fourth-order valence-electron chi connectivity index (χ4n) is 2.92. The zero-order valence-electron chi connectivity index (χ0n) is 14.7. The first-order valence-corrected chi connectivity index (χ1v) is 9.26.